The van der Waals surface area contributed by atoms with Crippen molar-refractivity contribution in [1.82, 2.24) is 20.1 Å². The third-order valence-electron chi connectivity index (χ3n) is 6.70. The van der Waals surface area contributed by atoms with Gasteiger partial charge in [0.25, 0.3) is 0 Å². The normalized spacial score (nSPS) is 17.1. The van der Waals surface area contributed by atoms with Crippen molar-refractivity contribution < 1.29 is 4.79 Å². The molecule has 2 aromatic carbocycles. The van der Waals surface area contributed by atoms with E-state index in [0.29, 0.717) is 0 Å². The van der Waals surface area contributed by atoms with Crippen LogP contribution in [-0.4, -0.2) is 46.7 Å². The van der Waals surface area contributed by atoms with Gasteiger partial charge in [0, 0.05) is 72.8 Å². The van der Waals surface area contributed by atoms with Crippen LogP contribution in [0.15, 0.2) is 94.9 Å². The van der Waals surface area contributed by atoms with Gasteiger partial charge >= 0.3 is 0 Å². The molecule has 6 nitrogen and oxygen atoms in total. The molecule has 3 aromatic rings. The topological polar surface area (TPSA) is 63.7 Å². The Morgan fingerprint density at radius 2 is 1.94 bits per heavy atom. The number of carbonyl (C=O) groups excluding carboxylic acids is 1. The van der Waals surface area contributed by atoms with Gasteiger partial charge in [-0.15, -0.1) is 0 Å². The van der Waals surface area contributed by atoms with Crippen molar-refractivity contribution in [2.75, 3.05) is 20.1 Å². The van der Waals surface area contributed by atoms with Crippen LogP contribution in [0.4, 0.5) is 0 Å². The molecule has 34 heavy (non-hydrogen) atoms. The first-order valence-corrected chi connectivity index (χ1v) is 11.8. The van der Waals surface area contributed by atoms with Crippen LogP contribution < -0.4 is 5.32 Å². The van der Waals surface area contributed by atoms with Gasteiger partial charge in [-0.05, 0) is 36.2 Å². The van der Waals surface area contributed by atoms with E-state index in [1.165, 1.54) is 22.2 Å². The fourth-order valence-electron chi connectivity index (χ4n) is 4.98. The second-order valence-electron chi connectivity index (χ2n) is 9.16. The number of benzene rings is 2. The highest BCUT2D eigenvalue weighted by molar-refractivity contribution is 6.02. The average Bonchev–Trinajstić information content (AvgIpc) is 3.42. The van der Waals surface area contributed by atoms with E-state index in [0.717, 1.165) is 60.8 Å². The van der Waals surface area contributed by atoms with E-state index in [1.807, 2.05) is 12.3 Å². The van der Waals surface area contributed by atoms with E-state index < -0.39 is 0 Å². The van der Waals surface area contributed by atoms with Gasteiger partial charge in [-0.1, -0.05) is 42.5 Å². The van der Waals surface area contributed by atoms with Crippen LogP contribution in [0.2, 0.25) is 0 Å². The molecule has 0 spiro atoms. The molecule has 0 radical (unpaired) electrons. The van der Waals surface area contributed by atoms with Gasteiger partial charge in [-0.3, -0.25) is 4.79 Å². The summed E-state index contributed by atoms with van der Waals surface area (Å²) in [6.45, 7) is 2.71. The molecule has 1 amide bonds. The van der Waals surface area contributed by atoms with Gasteiger partial charge in [0.2, 0.25) is 5.91 Å². The molecule has 6 heteroatoms. The molecule has 0 fully saturated rings. The summed E-state index contributed by atoms with van der Waals surface area (Å²) < 4.78 is 0. The zero-order valence-corrected chi connectivity index (χ0v) is 19.2. The molecule has 0 saturated heterocycles. The molecule has 0 unspecified atom stereocenters. The number of nitrogens with zero attached hydrogens (tertiary/aromatic N) is 3. The van der Waals surface area contributed by atoms with Crippen LogP contribution >= 0.6 is 0 Å². The van der Waals surface area contributed by atoms with Crippen molar-refractivity contribution in [2.24, 2.45) is 4.99 Å². The van der Waals surface area contributed by atoms with Gasteiger partial charge < -0.3 is 20.1 Å². The third-order valence-corrected chi connectivity index (χ3v) is 6.70. The quantitative estimate of drug-likeness (QED) is 0.596. The number of carbonyl (C=O) groups is 1. The van der Waals surface area contributed by atoms with Crippen LogP contribution in [-0.2, 0) is 17.8 Å². The van der Waals surface area contributed by atoms with E-state index in [2.05, 4.69) is 81.7 Å². The van der Waals surface area contributed by atoms with E-state index in [4.69, 9.17) is 4.99 Å². The predicted octanol–water partition coefficient (Wildman–Crippen LogP) is 4.09. The lowest BCUT2D eigenvalue weighted by Crippen LogP contribution is -2.31. The average molecular weight is 450 g/mol. The molecular formula is C28H27N5O. The first-order chi connectivity index (χ1) is 16.6. The van der Waals surface area contributed by atoms with Crippen molar-refractivity contribution in [3.05, 3.63) is 107 Å². The summed E-state index contributed by atoms with van der Waals surface area (Å²) in [5.41, 5.74) is 7.90. The molecule has 3 aliphatic rings. The highest BCUT2D eigenvalue weighted by Gasteiger charge is 2.32. The first kappa shape index (κ1) is 20.7. The van der Waals surface area contributed by atoms with Crippen LogP contribution in [0.5, 0.6) is 0 Å². The number of hydrogen-bond donors (Lipinski definition) is 2. The minimum absolute atomic E-state index is 0.0702. The number of aliphatic imine (C=N–C) groups is 1. The monoisotopic (exact) mass is 449 g/mol. The van der Waals surface area contributed by atoms with Crippen LogP contribution in [0.3, 0.4) is 0 Å². The fraction of sp³-hybridized carbons (Fsp3) is 0.214. The Balaban J connectivity index is 1.12. The number of hydrogen-bond acceptors (Lipinski definition) is 4. The van der Waals surface area contributed by atoms with Gasteiger partial charge in [0.1, 0.15) is 5.84 Å². The molecule has 0 aliphatic carbocycles. The summed E-state index contributed by atoms with van der Waals surface area (Å²) >= 11 is 0. The minimum atomic E-state index is -0.0702. The molecule has 170 valence electrons. The molecule has 4 heterocycles. The molecule has 0 atom stereocenters. The maximum absolute atomic E-state index is 11.9. The molecule has 0 saturated carbocycles. The summed E-state index contributed by atoms with van der Waals surface area (Å²) in [6.07, 6.45) is 7.11. The number of likely N-dealkylation sites (N-methyl/N-ethyl adjacent to an activating group) is 1. The summed E-state index contributed by atoms with van der Waals surface area (Å²) in [5, 5.41) is 4.28. The second-order valence-corrected chi connectivity index (χ2v) is 9.16. The Morgan fingerprint density at radius 1 is 1.09 bits per heavy atom. The number of fused-ring (bicyclic) bond motifs is 1. The number of para-hydroxylation sites is 1. The number of amides is 1. The van der Waals surface area contributed by atoms with Crippen LogP contribution in [0.1, 0.15) is 23.2 Å². The van der Waals surface area contributed by atoms with Gasteiger partial charge in [0.05, 0.1) is 5.70 Å². The molecule has 1 aromatic heterocycles. The molecule has 6 rings (SSSR count). The van der Waals surface area contributed by atoms with Crippen molar-refractivity contribution in [1.29, 1.82) is 0 Å². The number of aromatic amines is 1. The van der Waals surface area contributed by atoms with Gasteiger partial charge in [-0.2, -0.15) is 0 Å². The largest absolute Gasteiger partial charge is 0.358 e. The lowest BCUT2D eigenvalue weighted by Gasteiger charge is -2.27. The Morgan fingerprint density at radius 3 is 2.79 bits per heavy atom. The fourth-order valence-corrected chi connectivity index (χ4v) is 4.98. The van der Waals surface area contributed by atoms with Gasteiger partial charge in [-0.25, -0.2) is 4.99 Å². The summed E-state index contributed by atoms with van der Waals surface area (Å²) in [5.74, 6) is 0.872. The smallest absolute Gasteiger partial charge is 0.248 e. The standard InChI is InChI=1S/C28H27N5O/c1-32(14-12-23-16-21-4-2-3-5-24(21)30-23)18-19-6-8-20(9-7-19)28-29-17-22-10-11-26(34)31-25-13-15-33(28)27(22)25/h2-11,16-17,30H,12-15,18H2,1H3,(H,31,34). The highest BCUT2D eigenvalue weighted by Crippen LogP contribution is 2.34. The Kier molecular flexibility index (Phi) is 5.15. The lowest BCUT2D eigenvalue weighted by atomic mass is 10.1. The number of nitrogens with one attached hydrogen (secondary N) is 2. The van der Waals surface area contributed by atoms with E-state index in [-0.39, 0.29) is 5.91 Å². The summed E-state index contributed by atoms with van der Waals surface area (Å²) in [4.78, 5) is 24.8. The van der Waals surface area contributed by atoms with Crippen molar-refractivity contribution >= 4 is 22.6 Å². The van der Waals surface area contributed by atoms with Crippen molar-refractivity contribution in [3.8, 4) is 0 Å². The summed E-state index contributed by atoms with van der Waals surface area (Å²) in [6, 6.07) is 19.4. The second kappa shape index (κ2) is 8.47. The SMILES string of the molecule is CN(CCc1cc2ccccc2[nH]1)Cc1ccc(C2=NC=C3C=CC(=O)NC4=C3N2CC4)cc1. The van der Waals surface area contributed by atoms with Gasteiger partial charge in [0.15, 0.2) is 0 Å². The highest BCUT2D eigenvalue weighted by atomic mass is 16.1. The van der Waals surface area contributed by atoms with E-state index >= 15 is 0 Å². The van der Waals surface area contributed by atoms with E-state index in [1.54, 1.807) is 6.08 Å². The zero-order valence-electron chi connectivity index (χ0n) is 19.2. The molecule has 0 bridgehead atoms. The number of aromatic nitrogens is 1. The lowest BCUT2D eigenvalue weighted by molar-refractivity contribution is -0.115. The van der Waals surface area contributed by atoms with Crippen molar-refractivity contribution in [2.45, 2.75) is 19.4 Å². The number of amidine groups is 1. The number of allylic oxidation sites excluding steroid dienone is 1. The van der Waals surface area contributed by atoms with Crippen LogP contribution in [0.25, 0.3) is 10.9 Å². The number of rotatable bonds is 6. The molecule has 2 N–H and O–H groups in total. The first-order valence-electron chi connectivity index (χ1n) is 11.8. The van der Waals surface area contributed by atoms with E-state index in [9.17, 15) is 4.79 Å². The Labute approximate surface area is 199 Å². The zero-order chi connectivity index (χ0) is 23.1. The maximum Gasteiger partial charge on any atom is 0.248 e. The van der Waals surface area contributed by atoms with Crippen LogP contribution in [0, 0.1) is 0 Å². The third kappa shape index (κ3) is 3.86. The molecule has 3 aliphatic heterocycles. The Hall–Kier alpha value is -3.90. The summed E-state index contributed by atoms with van der Waals surface area (Å²) in [7, 11) is 2.17. The predicted molar refractivity (Wildman–Crippen MR) is 135 cm³/mol. The maximum atomic E-state index is 11.9. The number of H-pyrrole nitrogens is 1. The molecular weight excluding hydrogens is 422 g/mol. The Bertz CT molecular complexity index is 1360. The minimum Gasteiger partial charge on any atom is -0.358 e. The van der Waals surface area contributed by atoms with Crippen molar-refractivity contribution in [3.63, 3.8) is 0 Å².